The molecular formula is C18H15IN3O2P. The number of hydroxylamine groups is 1. The molecule has 2 aromatic carbocycles. The largest absolute Gasteiger partial charge is 0.306 e. The van der Waals surface area contributed by atoms with Crippen LogP contribution in [0, 0.1) is 0 Å². The molecule has 0 fully saturated rings. The molecule has 7 heteroatoms. The van der Waals surface area contributed by atoms with Gasteiger partial charge in [0.25, 0.3) is 5.91 Å². The highest BCUT2D eigenvalue weighted by Gasteiger charge is 2.00. The van der Waals surface area contributed by atoms with Gasteiger partial charge in [0.1, 0.15) is 6.45 Å². The van der Waals surface area contributed by atoms with Gasteiger partial charge in [0.2, 0.25) is 0 Å². The van der Waals surface area contributed by atoms with Crippen molar-refractivity contribution in [2.75, 3.05) is 0 Å². The van der Waals surface area contributed by atoms with Crippen LogP contribution >= 0.6 is 28.5 Å². The lowest BCUT2D eigenvalue weighted by Gasteiger charge is -2.05. The number of hydrogen-bond donors (Lipinski definition) is 1. The number of halogens is 1. The third-order valence-electron chi connectivity index (χ3n) is 3.53. The molecule has 1 atom stereocenters. The van der Waals surface area contributed by atoms with E-state index >= 15 is 0 Å². The number of rotatable bonds is 6. The highest BCUT2D eigenvalue weighted by Crippen LogP contribution is 2.22. The van der Waals surface area contributed by atoms with Crippen molar-refractivity contribution < 1.29 is 9.42 Å². The summed E-state index contributed by atoms with van der Waals surface area (Å²) in [5.41, 5.74) is 6.60. The van der Waals surface area contributed by atoms with Gasteiger partial charge >= 0.3 is 0 Å². The summed E-state index contributed by atoms with van der Waals surface area (Å²) in [5, 5.41) is 0. The van der Waals surface area contributed by atoms with Gasteiger partial charge < -0.3 is 4.57 Å². The van der Waals surface area contributed by atoms with Gasteiger partial charge in [0.15, 0.2) is 0 Å². The zero-order valence-corrected chi connectivity index (χ0v) is 16.3. The van der Waals surface area contributed by atoms with Crippen LogP contribution in [0.25, 0.3) is 22.9 Å². The summed E-state index contributed by atoms with van der Waals surface area (Å²) < 4.78 is 6.82. The molecule has 0 aliphatic carbocycles. The van der Waals surface area contributed by atoms with Crippen molar-refractivity contribution >= 4 is 40.5 Å². The fourth-order valence-corrected chi connectivity index (χ4v) is 2.77. The summed E-state index contributed by atoms with van der Waals surface area (Å²) >= 11 is 2.04. The molecule has 0 aliphatic heterocycles. The van der Waals surface area contributed by atoms with E-state index in [2.05, 4.69) is 34.7 Å². The molecule has 5 nitrogen and oxygen atoms in total. The first-order valence-corrected chi connectivity index (χ1v) is 11.5. The Hall–Kier alpha value is -2.02. The highest BCUT2D eigenvalue weighted by atomic mass is 127. The first kappa shape index (κ1) is 17.8. The zero-order valence-electron chi connectivity index (χ0n) is 13.1. The Morgan fingerprint density at radius 3 is 2.40 bits per heavy atom. The first-order chi connectivity index (χ1) is 12.3. The van der Waals surface area contributed by atoms with E-state index in [9.17, 15) is 4.79 Å². The Labute approximate surface area is 160 Å². The van der Waals surface area contributed by atoms with Crippen LogP contribution in [-0.2, 0) is 9.42 Å². The molecule has 0 saturated heterocycles. The fraction of sp³-hybridized carbons (Fsp3) is 0. The molecule has 126 valence electrons. The Morgan fingerprint density at radius 1 is 1.12 bits per heavy atom. The van der Waals surface area contributed by atoms with E-state index in [1.54, 1.807) is 18.6 Å². The van der Waals surface area contributed by atoms with E-state index in [4.69, 9.17) is 4.62 Å². The van der Waals surface area contributed by atoms with E-state index < -0.39 is 0 Å². The van der Waals surface area contributed by atoms with Crippen molar-refractivity contribution in [3.05, 3.63) is 78.9 Å². The summed E-state index contributed by atoms with van der Waals surface area (Å²) in [5.74, 6) is -0.275. The number of carbonyl (C=O) groups is 1. The lowest BCUT2D eigenvalue weighted by Crippen LogP contribution is -2.16. The molecule has 1 unspecified atom stereocenters. The third kappa shape index (κ3) is 4.98. The van der Waals surface area contributed by atoms with Crippen LogP contribution in [0.4, 0.5) is 0 Å². The van der Waals surface area contributed by atoms with Crippen LogP contribution < -0.4 is 5.48 Å². The van der Waals surface area contributed by atoms with Crippen LogP contribution in [0.15, 0.2) is 73.3 Å². The quantitative estimate of drug-likeness (QED) is 0.253. The van der Waals surface area contributed by atoms with Crippen molar-refractivity contribution in [2.45, 2.75) is 0 Å². The molecule has 0 saturated carbocycles. The van der Waals surface area contributed by atoms with Crippen LogP contribution in [-0.4, -0.2) is 15.5 Å². The van der Waals surface area contributed by atoms with Crippen molar-refractivity contribution in [3.8, 4) is 16.8 Å². The lowest BCUT2D eigenvalue weighted by molar-refractivity contribution is -0.122. The van der Waals surface area contributed by atoms with E-state index in [1.807, 2.05) is 57.1 Å². The molecule has 1 heterocycles. The minimum Gasteiger partial charge on any atom is -0.306 e. The molecule has 0 aliphatic rings. The van der Waals surface area contributed by atoms with Gasteiger partial charge in [-0.1, -0.05) is 36.4 Å². The average Bonchev–Trinajstić information content (AvgIpc) is 3.20. The van der Waals surface area contributed by atoms with Gasteiger partial charge in [-0.15, -0.1) is 0 Å². The maximum Gasteiger partial charge on any atom is 0.267 e. The summed E-state index contributed by atoms with van der Waals surface area (Å²) in [6, 6.07) is 16.3. The molecule has 0 radical (unpaired) electrons. The highest BCUT2D eigenvalue weighted by molar-refractivity contribution is 14.2. The smallest absolute Gasteiger partial charge is 0.267 e. The summed E-state index contributed by atoms with van der Waals surface area (Å²) in [7, 11) is 0. The van der Waals surface area contributed by atoms with Gasteiger partial charge in [-0.05, 0) is 56.9 Å². The second-order valence-electron chi connectivity index (χ2n) is 5.12. The van der Waals surface area contributed by atoms with Crippen LogP contribution in [0.3, 0.4) is 0 Å². The Balaban J connectivity index is 1.68. The van der Waals surface area contributed by atoms with Gasteiger partial charge in [0.05, 0.1) is 6.33 Å². The molecule has 1 aromatic heterocycles. The van der Waals surface area contributed by atoms with Crippen molar-refractivity contribution in [1.29, 1.82) is 0 Å². The Morgan fingerprint density at radius 2 is 1.80 bits per heavy atom. The summed E-state index contributed by atoms with van der Waals surface area (Å²) in [6.45, 7) is 0.194. The number of carbonyl (C=O) groups excluding carboxylic acids is 1. The van der Waals surface area contributed by atoms with Gasteiger partial charge in [-0.2, -0.15) is 0 Å². The predicted octanol–water partition coefficient (Wildman–Crippen LogP) is 4.54. The van der Waals surface area contributed by atoms with Crippen molar-refractivity contribution in [3.63, 3.8) is 0 Å². The number of amides is 1. The van der Waals surface area contributed by atoms with Crippen molar-refractivity contribution in [2.24, 2.45) is 0 Å². The second-order valence-corrected chi connectivity index (χ2v) is 6.80. The molecule has 25 heavy (non-hydrogen) atoms. The predicted molar refractivity (Wildman–Crippen MR) is 110 cm³/mol. The molecule has 0 spiro atoms. The minimum atomic E-state index is -0.275. The van der Waals surface area contributed by atoms with Crippen molar-refractivity contribution in [1.82, 2.24) is 15.0 Å². The number of benzene rings is 2. The van der Waals surface area contributed by atoms with Gasteiger partial charge in [-0.3, -0.25) is 4.79 Å². The monoisotopic (exact) mass is 463 g/mol. The number of aromatic nitrogens is 2. The molecule has 0 bridgehead atoms. The topological polar surface area (TPSA) is 56.2 Å². The van der Waals surface area contributed by atoms with Gasteiger partial charge in [0, 0.05) is 24.2 Å². The maximum atomic E-state index is 11.5. The first-order valence-electron chi connectivity index (χ1n) is 7.44. The Kier molecular flexibility index (Phi) is 6.33. The second kappa shape index (κ2) is 8.89. The third-order valence-corrected chi connectivity index (χ3v) is 4.37. The minimum absolute atomic E-state index is 0.194. The average molecular weight is 463 g/mol. The zero-order chi connectivity index (χ0) is 17.5. The molecule has 1 N–H and O–H groups in total. The van der Waals surface area contributed by atoms with E-state index in [1.165, 1.54) is 6.08 Å². The number of hydrogen-bond acceptors (Lipinski definition) is 3. The van der Waals surface area contributed by atoms with Crippen LogP contribution in [0.5, 0.6) is 0 Å². The molecule has 1 amide bonds. The normalized spacial score (nSPS) is 11.4. The summed E-state index contributed by atoms with van der Waals surface area (Å²) in [6.07, 6.45) is 8.65. The Bertz CT molecular complexity index is 847. The maximum absolute atomic E-state index is 11.5. The molecular weight excluding hydrogens is 448 g/mol. The van der Waals surface area contributed by atoms with E-state index in [-0.39, 0.29) is 12.4 Å². The summed E-state index contributed by atoms with van der Waals surface area (Å²) in [4.78, 5) is 15.5. The SMILES string of the molecule is O=C(/C=C/c1ccc(-c2ccc(-n3ccnc3)cc2)cc1)NOPI. The van der Waals surface area contributed by atoms with Gasteiger partial charge in [-0.25, -0.2) is 15.1 Å². The fourth-order valence-electron chi connectivity index (χ4n) is 2.30. The number of nitrogens with zero attached hydrogens (tertiary/aromatic N) is 2. The molecule has 3 aromatic rings. The standard InChI is InChI=1S/C18H15IN3O2P/c19-25-24-21-18(23)10-3-14-1-4-15(5-2-14)16-6-8-17(9-7-16)22-12-11-20-13-22/h1-13,25H,(H,21,23)/b10-3+. The van der Waals surface area contributed by atoms with Crippen LogP contribution in [0.1, 0.15) is 5.56 Å². The number of nitrogens with one attached hydrogen (secondary N) is 1. The van der Waals surface area contributed by atoms with E-state index in [0.717, 1.165) is 22.4 Å². The number of imidazole rings is 1. The van der Waals surface area contributed by atoms with E-state index in [0.29, 0.717) is 0 Å². The lowest BCUT2D eigenvalue weighted by atomic mass is 10.0. The van der Waals surface area contributed by atoms with Crippen LogP contribution in [0.2, 0.25) is 0 Å². The molecule has 3 rings (SSSR count).